The average molecular weight is 247 g/mol. The van der Waals surface area contributed by atoms with Gasteiger partial charge >= 0.3 is 0 Å². The third-order valence-electron chi connectivity index (χ3n) is 4.29. The molecule has 0 amide bonds. The van der Waals surface area contributed by atoms with E-state index in [0.29, 0.717) is 30.4 Å². The van der Waals surface area contributed by atoms with Crippen LogP contribution in [-0.4, -0.2) is 36.6 Å². The van der Waals surface area contributed by atoms with Crippen molar-refractivity contribution in [2.75, 3.05) is 12.5 Å². The first-order valence-electron chi connectivity index (χ1n) is 6.13. The maximum Gasteiger partial charge on any atom is 0.161 e. The van der Waals surface area contributed by atoms with Gasteiger partial charge in [-0.05, 0) is 25.7 Å². The summed E-state index contributed by atoms with van der Waals surface area (Å²) >= 11 is 5.78. The predicted molar refractivity (Wildman–Crippen MR) is 60.5 cm³/mol. The number of alkyl halides is 1. The molecule has 2 aliphatic heterocycles. The van der Waals surface area contributed by atoms with E-state index in [4.69, 9.17) is 25.8 Å². The molecule has 0 N–H and O–H groups in total. The van der Waals surface area contributed by atoms with Crippen LogP contribution in [0.5, 0.6) is 0 Å². The standard InChI is InChI=1S/C12H19ClO3/c1-7-3-10-12(2,16-10)4-9(7)11-14-6-8(5-13)15-11/h7-11H,3-6H2,1-2H3/t7-,8+,9+,10+,11-,12-/m1/s1. The van der Waals surface area contributed by atoms with Gasteiger partial charge in [-0.2, -0.15) is 0 Å². The minimum absolute atomic E-state index is 0.0688. The molecule has 0 unspecified atom stereocenters. The lowest BCUT2D eigenvalue weighted by Crippen LogP contribution is -2.37. The Bertz CT molecular complexity index is 285. The largest absolute Gasteiger partial charge is 0.366 e. The zero-order chi connectivity index (χ0) is 11.3. The van der Waals surface area contributed by atoms with Gasteiger partial charge in [-0.25, -0.2) is 0 Å². The highest BCUT2D eigenvalue weighted by Crippen LogP contribution is 2.53. The average Bonchev–Trinajstić information content (AvgIpc) is 2.74. The molecule has 2 saturated heterocycles. The summed E-state index contributed by atoms with van der Waals surface area (Å²) in [6.07, 6.45) is 2.67. The number of hydrogen-bond donors (Lipinski definition) is 0. The molecular formula is C12H19ClO3. The van der Waals surface area contributed by atoms with Crippen molar-refractivity contribution in [2.45, 2.75) is 50.8 Å². The third-order valence-corrected chi connectivity index (χ3v) is 4.63. The zero-order valence-electron chi connectivity index (χ0n) is 9.82. The molecule has 1 aliphatic carbocycles. The molecule has 6 atom stereocenters. The van der Waals surface area contributed by atoms with Crippen LogP contribution >= 0.6 is 11.6 Å². The van der Waals surface area contributed by atoms with Gasteiger partial charge in [0, 0.05) is 5.92 Å². The van der Waals surface area contributed by atoms with Crippen molar-refractivity contribution in [3.8, 4) is 0 Å². The van der Waals surface area contributed by atoms with Crippen LogP contribution in [-0.2, 0) is 14.2 Å². The van der Waals surface area contributed by atoms with Gasteiger partial charge in [-0.3, -0.25) is 0 Å². The first kappa shape index (κ1) is 11.3. The van der Waals surface area contributed by atoms with E-state index in [-0.39, 0.29) is 18.0 Å². The van der Waals surface area contributed by atoms with Crippen molar-refractivity contribution >= 4 is 11.6 Å². The summed E-state index contributed by atoms with van der Waals surface area (Å²) < 4.78 is 17.3. The van der Waals surface area contributed by atoms with Crippen LogP contribution in [0.2, 0.25) is 0 Å². The fourth-order valence-electron chi connectivity index (χ4n) is 3.09. The second-order valence-electron chi connectivity index (χ2n) is 5.61. The molecule has 0 aromatic heterocycles. The Kier molecular flexibility index (Phi) is 2.70. The lowest BCUT2D eigenvalue weighted by molar-refractivity contribution is -0.116. The molecule has 3 aliphatic rings. The number of hydrogen-bond acceptors (Lipinski definition) is 3. The van der Waals surface area contributed by atoms with Gasteiger partial charge in [0.25, 0.3) is 0 Å². The molecular weight excluding hydrogens is 228 g/mol. The van der Waals surface area contributed by atoms with E-state index in [0.717, 1.165) is 12.8 Å². The van der Waals surface area contributed by atoms with Crippen LogP contribution in [0.3, 0.4) is 0 Å². The molecule has 4 heteroatoms. The maximum absolute atomic E-state index is 5.82. The topological polar surface area (TPSA) is 31.0 Å². The molecule has 0 aromatic carbocycles. The molecule has 0 spiro atoms. The van der Waals surface area contributed by atoms with Crippen LogP contribution in [0.25, 0.3) is 0 Å². The molecule has 92 valence electrons. The van der Waals surface area contributed by atoms with Gasteiger partial charge in [-0.1, -0.05) is 6.92 Å². The van der Waals surface area contributed by atoms with Crippen molar-refractivity contribution in [1.82, 2.24) is 0 Å². The molecule has 3 nitrogen and oxygen atoms in total. The second-order valence-corrected chi connectivity index (χ2v) is 5.92. The van der Waals surface area contributed by atoms with Crippen LogP contribution in [0, 0.1) is 11.8 Å². The van der Waals surface area contributed by atoms with Crippen LogP contribution < -0.4 is 0 Å². The molecule has 0 bridgehead atoms. The Morgan fingerprint density at radius 3 is 2.94 bits per heavy atom. The van der Waals surface area contributed by atoms with E-state index in [2.05, 4.69) is 13.8 Å². The first-order chi connectivity index (χ1) is 7.62. The third kappa shape index (κ3) is 1.78. The molecule has 0 radical (unpaired) electrons. The molecule has 1 saturated carbocycles. The number of fused-ring (bicyclic) bond motifs is 1. The number of rotatable bonds is 2. The van der Waals surface area contributed by atoms with Gasteiger partial charge < -0.3 is 14.2 Å². The van der Waals surface area contributed by atoms with Gasteiger partial charge in [0.15, 0.2) is 6.29 Å². The number of epoxide rings is 1. The van der Waals surface area contributed by atoms with Gasteiger partial charge in [0.1, 0.15) is 0 Å². The highest BCUT2D eigenvalue weighted by molar-refractivity contribution is 6.18. The molecule has 3 fully saturated rings. The Hall–Kier alpha value is 0.170. The summed E-state index contributed by atoms with van der Waals surface area (Å²) in [5, 5.41) is 0. The fourth-order valence-corrected chi connectivity index (χ4v) is 3.25. The van der Waals surface area contributed by atoms with E-state index in [1.165, 1.54) is 0 Å². The van der Waals surface area contributed by atoms with Crippen molar-refractivity contribution in [3.05, 3.63) is 0 Å². The van der Waals surface area contributed by atoms with Gasteiger partial charge in [-0.15, -0.1) is 11.6 Å². The molecule has 16 heavy (non-hydrogen) atoms. The van der Waals surface area contributed by atoms with Gasteiger partial charge in [0.05, 0.1) is 30.3 Å². The number of ether oxygens (including phenoxy) is 3. The summed E-state index contributed by atoms with van der Waals surface area (Å²) in [6, 6.07) is 0. The summed E-state index contributed by atoms with van der Waals surface area (Å²) in [6.45, 7) is 5.11. The highest BCUT2D eigenvalue weighted by Gasteiger charge is 2.59. The van der Waals surface area contributed by atoms with Crippen LogP contribution in [0.4, 0.5) is 0 Å². The van der Waals surface area contributed by atoms with E-state index < -0.39 is 0 Å². The molecule has 0 aromatic rings. The summed E-state index contributed by atoms with van der Waals surface area (Å²) in [5.41, 5.74) is 0.100. The lowest BCUT2D eigenvalue weighted by atomic mass is 9.75. The van der Waals surface area contributed by atoms with E-state index in [9.17, 15) is 0 Å². The van der Waals surface area contributed by atoms with Crippen molar-refractivity contribution in [1.29, 1.82) is 0 Å². The Morgan fingerprint density at radius 2 is 2.25 bits per heavy atom. The highest BCUT2D eigenvalue weighted by atomic mass is 35.5. The van der Waals surface area contributed by atoms with Crippen LogP contribution in [0.15, 0.2) is 0 Å². The summed E-state index contributed by atoms with van der Waals surface area (Å²) in [5.74, 6) is 1.59. The van der Waals surface area contributed by atoms with E-state index >= 15 is 0 Å². The van der Waals surface area contributed by atoms with Crippen LogP contribution in [0.1, 0.15) is 26.7 Å². The van der Waals surface area contributed by atoms with Crippen molar-refractivity contribution in [3.63, 3.8) is 0 Å². The Morgan fingerprint density at radius 1 is 1.44 bits per heavy atom. The number of halogens is 1. The van der Waals surface area contributed by atoms with E-state index in [1.807, 2.05) is 0 Å². The maximum atomic E-state index is 5.82. The lowest BCUT2D eigenvalue weighted by Gasteiger charge is -2.32. The monoisotopic (exact) mass is 246 g/mol. The fraction of sp³-hybridized carbons (Fsp3) is 1.00. The van der Waals surface area contributed by atoms with Gasteiger partial charge in [0.2, 0.25) is 0 Å². The summed E-state index contributed by atoms with van der Waals surface area (Å²) in [4.78, 5) is 0. The SMILES string of the molecule is C[C@@H]1C[C@@H]2O[C@]2(C)C[C@@H]1[C@@H]1OC[C@H](CCl)O1. The minimum Gasteiger partial charge on any atom is -0.366 e. The second kappa shape index (κ2) is 3.84. The Labute approximate surface area is 101 Å². The predicted octanol–water partition coefficient (Wildman–Crippen LogP) is 2.17. The van der Waals surface area contributed by atoms with Crippen molar-refractivity contribution in [2.24, 2.45) is 11.8 Å². The smallest absolute Gasteiger partial charge is 0.161 e. The normalized spacial score (nSPS) is 56.1. The van der Waals surface area contributed by atoms with E-state index in [1.54, 1.807) is 0 Å². The van der Waals surface area contributed by atoms with Crippen molar-refractivity contribution < 1.29 is 14.2 Å². The first-order valence-corrected chi connectivity index (χ1v) is 6.66. The molecule has 3 rings (SSSR count). The summed E-state index contributed by atoms with van der Waals surface area (Å²) in [7, 11) is 0. The molecule has 2 heterocycles. The Balaban J connectivity index is 1.65. The minimum atomic E-state index is -0.0688. The zero-order valence-corrected chi connectivity index (χ0v) is 10.6. The quantitative estimate of drug-likeness (QED) is 0.553.